The Kier molecular flexibility index (Phi) is 13.2. The van der Waals surface area contributed by atoms with Crippen molar-refractivity contribution in [2.75, 3.05) is 52.5 Å². The minimum Gasteiger partial charge on any atom is -0.489 e. The van der Waals surface area contributed by atoms with Gasteiger partial charge in [0.25, 0.3) is 5.56 Å². The smallest absolute Gasteiger partial charge is 0.352 e. The average molecular weight is 708 g/mol. The van der Waals surface area contributed by atoms with Gasteiger partial charge in [-0.3, -0.25) is 19.3 Å². The topological polar surface area (TPSA) is 183 Å². The number of aromatic amines is 1. The van der Waals surface area contributed by atoms with E-state index >= 15 is 0 Å². The number of benzene rings is 2. The van der Waals surface area contributed by atoms with Gasteiger partial charge in [0.2, 0.25) is 11.8 Å². The average Bonchev–Trinajstić information content (AvgIpc) is 3.03. The number of amides is 2. The molecule has 13 nitrogen and oxygen atoms in total. The molecule has 2 aliphatic rings. The predicted octanol–water partition coefficient (Wildman–Crippen LogP) is 3.63. The maximum atomic E-state index is 12.6. The van der Waals surface area contributed by atoms with E-state index in [2.05, 4.69) is 9.97 Å². The molecule has 16 heteroatoms. The van der Waals surface area contributed by atoms with Crippen LogP contribution in [0.4, 0.5) is 0 Å². The Bertz CT molecular complexity index is 1750. The summed E-state index contributed by atoms with van der Waals surface area (Å²) in [5.74, 6) is -0.576. The largest absolute Gasteiger partial charge is 0.489 e. The van der Waals surface area contributed by atoms with Crippen molar-refractivity contribution in [3.63, 3.8) is 0 Å². The van der Waals surface area contributed by atoms with E-state index in [0.29, 0.717) is 76.4 Å². The highest BCUT2D eigenvalue weighted by Gasteiger charge is 2.44. The first-order valence-electron chi connectivity index (χ1n) is 14.2. The van der Waals surface area contributed by atoms with Gasteiger partial charge in [-0.2, -0.15) is 0 Å². The SMILES string of the molecule is COCCOCCOCC(N)=O.O=C(O)C1=C(/C=C/COc2ccc(Cl)cc2-c2nc3ccc(Cl)cc3c(=O)[nH]2)CSC2CC(=O)N12. The maximum Gasteiger partial charge on any atom is 0.352 e. The number of rotatable bonds is 14. The summed E-state index contributed by atoms with van der Waals surface area (Å²) in [7, 11) is 1.60. The Balaban J connectivity index is 0.000000356. The molecular formula is C31H32Cl2N4O9S. The predicted molar refractivity (Wildman–Crippen MR) is 178 cm³/mol. The summed E-state index contributed by atoms with van der Waals surface area (Å²) < 4.78 is 20.5. The summed E-state index contributed by atoms with van der Waals surface area (Å²) >= 11 is 13.7. The number of hydrogen-bond acceptors (Lipinski definition) is 10. The third kappa shape index (κ3) is 9.79. The Morgan fingerprint density at radius 1 is 1.11 bits per heavy atom. The Hall–Kier alpha value is -3.92. The van der Waals surface area contributed by atoms with Crippen LogP contribution in [0.3, 0.4) is 0 Å². The number of carbonyl (C=O) groups is 3. The van der Waals surface area contributed by atoms with Gasteiger partial charge in [0, 0.05) is 22.9 Å². The van der Waals surface area contributed by atoms with Crippen molar-refractivity contribution in [1.82, 2.24) is 14.9 Å². The number of methoxy groups -OCH3 is 1. The molecule has 1 aromatic heterocycles. The van der Waals surface area contributed by atoms with Gasteiger partial charge < -0.3 is 34.8 Å². The second-order valence-electron chi connectivity index (χ2n) is 9.97. The van der Waals surface area contributed by atoms with Crippen LogP contribution < -0.4 is 16.0 Å². The molecule has 0 saturated carbocycles. The highest BCUT2D eigenvalue weighted by atomic mass is 35.5. The first kappa shape index (κ1) is 35.9. The van der Waals surface area contributed by atoms with Crippen molar-refractivity contribution in [3.8, 4) is 17.1 Å². The first-order valence-corrected chi connectivity index (χ1v) is 16.0. The highest BCUT2D eigenvalue weighted by molar-refractivity contribution is 8.00. The van der Waals surface area contributed by atoms with Crippen molar-refractivity contribution in [2.45, 2.75) is 11.8 Å². The molecule has 250 valence electrons. The van der Waals surface area contributed by atoms with Crippen molar-refractivity contribution < 1.29 is 38.4 Å². The summed E-state index contributed by atoms with van der Waals surface area (Å²) in [6, 6.07) is 9.82. The second-order valence-corrected chi connectivity index (χ2v) is 12.0. The summed E-state index contributed by atoms with van der Waals surface area (Å²) in [4.78, 5) is 55.0. The number of carbonyl (C=O) groups excluding carboxylic acids is 2. The van der Waals surface area contributed by atoms with Crippen LogP contribution in [0.2, 0.25) is 10.0 Å². The second kappa shape index (κ2) is 17.3. The zero-order valence-electron chi connectivity index (χ0n) is 25.2. The van der Waals surface area contributed by atoms with E-state index in [1.807, 2.05) is 0 Å². The van der Waals surface area contributed by atoms with Crippen LogP contribution in [0.5, 0.6) is 5.75 Å². The van der Waals surface area contributed by atoms with E-state index in [1.165, 1.54) is 16.7 Å². The fourth-order valence-corrected chi connectivity index (χ4v) is 6.06. The van der Waals surface area contributed by atoms with Crippen molar-refractivity contribution in [1.29, 1.82) is 0 Å². The number of fused-ring (bicyclic) bond motifs is 2. The molecule has 2 amide bonds. The number of nitrogens with one attached hydrogen (secondary N) is 1. The van der Waals surface area contributed by atoms with Crippen LogP contribution in [0.15, 0.2) is 64.6 Å². The van der Waals surface area contributed by atoms with Crippen molar-refractivity contribution >= 4 is 63.7 Å². The minimum absolute atomic E-state index is 0.0199. The number of carboxylic acid groups (broad SMARTS) is 1. The number of hydrogen-bond donors (Lipinski definition) is 3. The number of primary amides is 1. The number of nitrogens with zero attached hydrogens (tertiary/aromatic N) is 2. The number of nitrogens with two attached hydrogens (primary N) is 1. The molecule has 1 fully saturated rings. The van der Waals surface area contributed by atoms with Gasteiger partial charge in [0.05, 0.1) is 54.7 Å². The van der Waals surface area contributed by atoms with E-state index in [-0.39, 0.29) is 41.6 Å². The lowest BCUT2D eigenvalue weighted by atomic mass is 10.1. The number of carboxylic acids is 1. The summed E-state index contributed by atoms with van der Waals surface area (Å²) in [5.41, 5.74) is 6.02. The van der Waals surface area contributed by atoms with Crippen LogP contribution in [0.25, 0.3) is 22.3 Å². The van der Waals surface area contributed by atoms with Crippen LogP contribution in [-0.2, 0) is 28.6 Å². The van der Waals surface area contributed by atoms with Gasteiger partial charge >= 0.3 is 5.97 Å². The van der Waals surface area contributed by atoms with Gasteiger partial charge in [0.15, 0.2) is 0 Å². The minimum atomic E-state index is -1.13. The van der Waals surface area contributed by atoms with E-state index in [1.54, 1.807) is 55.7 Å². The standard InChI is InChI=1S/C24H17Cl2N3O5S.C7H15NO4/c25-13-3-5-17-15(8-13)23(31)28-22(27-17)16-9-14(26)4-6-18(16)34-7-1-2-12-11-35-20-10-19(30)29(20)21(12)24(32)33;1-10-2-3-11-4-5-12-6-7(8)9/h1-6,8-9,20H,7,10-11H2,(H,32,33)(H,27,28,31);2-6H2,1H3,(H2,8,9)/b2-1+;. The molecule has 0 bridgehead atoms. The monoisotopic (exact) mass is 706 g/mol. The Morgan fingerprint density at radius 3 is 2.55 bits per heavy atom. The molecule has 47 heavy (non-hydrogen) atoms. The van der Waals surface area contributed by atoms with E-state index in [9.17, 15) is 24.3 Å². The lowest BCUT2D eigenvalue weighted by molar-refractivity contribution is -0.146. The molecule has 2 aromatic carbocycles. The number of thioether (sulfide) groups is 1. The van der Waals surface area contributed by atoms with Gasteiger partial charge in [0.1, 0.15) is 30.5 Å². The first-order chi connectivity index (χ1) is 22.6. The summed E-state index contributed by atoms with van der Waals surface area (Å²) in [5, 5.41) is 10.7. The van der Waals surface area contributed by atoms with E-state index in [4.69, 9.17) is 47.9 Å². The molecule has 1 unspecified atom stereocenters. The van der Waals surface area contributed by atoms with Crippen LogP contribution in [-0.4, -0.2) is 95.6 Å². The number of ether oxygens (including phenoxy) is 4. The number of halogens is 2. The zero-order chi connectivity index (χ0) is 33.9. The van der Waals surface area contributed by atoms with Gasteiger partial charge in [-0.05, 0) is 48.0 Å². The molecule has 0 radical (unpaired) electrons. The van der Waals surface area contributed by atoms with Crippen molar-refractivity contribution in [2.24, 2.45) is 5.73 Å². The fourth-order valence-electron chi connectivity index (χ4n) is 4.48. The Morgan fingerprint density at radius 2 is 1.83 bits per heavy atom. The summed E-state index contributed by atoms with van der Waals surface area (Å²) in [6.07, 6.45) is 3.70. The number of aliphatic carboxylic acids is 1. The van der Waals surface area contributed by atoms with Crippen LogP contribution >= 0.6 is 35.0 Å². The molecule has 0 spiro atoms. The number of allylic oxidation sites excluding steroid dienone is 1. The van der Waals surface area contributed by atoms with E-state index < -0.39 is 11.9 Å². The van der Waals surface area contributed by atoms with Gasteiger partial charge in [-0.1, -0.05) is 29.3 Å². The molecule has 3 aromatic rings. The molecule has 5 rings (SSSR count). The fraction of sp³-hybridized carbons (Fsp3) is 0.323. The van der Waals surface area contributed by atoms with Gasteiger partial charge in [-0.25, -0.2) is 9.78 Å². The number of β-lactam (4-membered cyclic amide) rings is 1. The van der Waals surface area contributed by atoms with Crippen LogP contribution in [0.1, 0.15) is 6.42 Å². The Labute approximate surface area is 283 Å². The molecule has 2 aliphatic heterocycles. The zero-order valence-corrected chi connectivity index (χ0v) is 27.5. The highest BCUT2D eigenvalue weighted by Crippen LogP contribution is 2.40. The third-order valence-electron chi connectivity index (χ3n) is 6.65. The molecule has 0 aliphatic carbocycles. The molecular weight excluding hydrogens is 675 g/mol. The lowest BCUT2D eigenvalue weighted by Crippen LogP contribution is -2.53. The molecule has 4 N–H and O–H groups in total. The molecule has 1 atom stereocenters. The molecule has 1 saturated heterocycles. The normalized spacial score (nSPS) is 15.7. The van der Waals surface area contributed by atoms with Crippen LogP contribution in [0, 0.1) is 0 Å². The maximum absolute atomic E-state index is 12.6. The van der Waals surface area contributed by atoms with Gasteiger partial charge in [-0.15, -0.1) is 11.8 Å². The number of aromatic nitrogens is 2. The molecule has 3 heterocycles. The lowest BCUT2D eigenvalue weighted by Gasteiger charge is -2.43. The van der Waals surface area contributed by atoms with E-state index in [0.717, 1.165) is 0 Å². The number of H-pyrrole nitrogens is 1. The quantitative estimate of drug-likeness (QED) is 0.164. The summed E-state index contributed by atoms with van der Waals surface area (Å²) in [6.45, 7) is 2.00. The third-order valence-corrected chi connectivity index (χ3v) is 8.36. The van der Waals surface area contributed by atoms with Crippen molar-refractivity contribution in [3.05, 3.63) is 80.2 Å².